The van der Waals surface area contributed by atoms with Crippen molar-refractivity contribution in [2.75, 3.05) is 27.3 Å². The lowest BCUT2D eigenvalue weighted by atomic mass is 10.3. The Morgan fingerprint density at radius 2 is 2.23 bits per heavy atom. The molecule has 0 radical (unpaired) electrons. The van der Waals surface area contributed by atoms with Gasteiger partial charge < -0.3 is 14.8 Å². The third-order valence-electron chi connectivity index (χ3n) is 1.65. The summed E-state index contributed by atoms with van der Waals surface area (Å²) in [5, 5.41) is 3.01. The summed E-state index contributed by atoms with van der Waals surface area (Å²) in [6.45, 7) is 3.44. The summed E-state index contributed by atoms with van der Waals surface area (Å²) < 4.78 is 9.90. The number of esters is 1. The molecule has 78 valence electrons. The van der Waals surface area contributed by atoms with Gasteiger partial charge >= 0.3 is 5.97 Å². The van der Waals surface area contributed by atoms with Gasteiger partial charge in [0.05, 0.1) is 13.2 Å². The molecule has 1 unspecified atom stereocenters. The fourth-order valence-electron chi connectivity index (χ4n) is 0.949. The van der Waals surface area contributed by atoms with Gasteiger partial charge in [0.25, 0.3) is 0 Å². The van der Waals surface area contributed by atoms with E-state index in [0.717, 1.165) is 13.0 Å². The van der Waals surface area contributed by atoms with E-state index in [0.29, 0.717) is 13.0 Å². The Bertz CT molecular complexity index is 139. The molecule has 0 saturated carbocycles. The van der Waals surface area contributed by atoms with Crippen molar-refractivity contribution in [3.63, 3.8) is 0 Å². The number of likely N-dealkylation sites (N-methyl/N-ethyl adjacent to an activating group) is 1. The molecule has 0 heterocycles. The van der Waals surface area contributed by atoms with Crippen LogP contribution in [-0.2, 0) is 14.3 Å². The van der Waals surface area contributed by atoms with E-state index in [9.17, 15) is 4.79 Å². The second-order valence-electron chi connectivity index (χ2n) is 2.92. The lowest BCUT2D eigenvalue weighted by Gasteiger charge is -2.11. The number of ether oxygens (including phenoxy) is 2. The summed E-state index contributed by atoms with van der Waals surface area (Å²) in [6, 6.07) is 0. The summed E-state index contributed by atoms with van der Waals surface area (Å²) in [4.78, 5) is 10.7. The molecule has 0 aromatic carbocycles. The smallest absolute Gasteiger partial charge is 0.305 e. The molecule has 13 heavy (non-hydrogen) atoms. The topological polar surface area (TPSA) is 47.6 Å². The summed E-state index contributed by atoms with van der Waals surface area (Å²) in [5.74, 6) is -0.176. The highest BCUT2D eigenvalue weighted by Gasteiger charge is 2.02. The first-order chi connectivity index (χ1) is 6.20. The second-order valence-corrected chi connectivity index (χ2v) is 2.92. The molecule has 1 atom stereocenters. The monoisotopic (exact) mass is 189 g/mol. The van der Waals surface area contributed by atoms with Crippen LogP contribution in [0.4, 0.5) is 0 Å². The number of hydrogen-bond donors (Lipinski definition) is 1. The summed E-state index contributed by atoms with van der Waals surface area (Å²) in [6.07, 6.45) is 1.35. The molecule has 0 aromatic rings. The zero-order chi connectivity index (χ0) is 10.1. The maximum absolute atomic E-state index is 10.7. The van der Waals surface area contributed by atoms with E-state index < -0.39 is 0 Å². The number of hydrogen-bond acceptors (Lipinski definition) is 4. The Kier molecular flexibility index (Phi) is 7.63. The van der Waals surface area contributed by atoms with Gasteiger partial charge in [-0.3, -0.25) is 4.79 Å². The average Bonchev–Trinajstić information content (AvgIpc) is 2.12. The minimum Gasteiger partial charge on any atom is -0.469 e. The maximum Gasteiger partial charge on any atom is 0.305 e. The van der Waals surface area contributed by atoms with E-state index in [4.69, 9.17) is 4.74 Å². The molecule has 4 nitrogen and oxygen atoms in total. The number of nitrogens with one attached hydrogen (secondary N) is 1. The van der Waals surface area contributed by atoms with Crippen LogP contribution in [0.25, 0.3) is 0 Å². The number of rotatable bonds is 7. The predicted octanol–water partition coefficient (Wildman–Crippen LogP) is 0.564. The van der Waals surface area contributed by atoms with E-state index >= 15 is 0 Å². The first-order valence-corrected chi connectivity index (χ1v) is 4.53. The van der Waals surface area contributed by atoms with Crippen molar-refractivity contribution < 1.29 is 14.3 Å². The van der Waals surface area contributed by atoms with Gasteiger partial charge in [0.1, 0.15) is 0 Å². The quantitative estimate of drug-likeness (QED) is 0.469. The van der Waals surface area contributed by atoms with Crippen molar-refractivity contribution in [2.45, 2.75) is 25.9 Å². The van der Waals surface area contributed by atoms with Crippen LogP contribution in [0.1, 0.15) is 19.8 Å². The Labute approximate surface area is 79.6 Å². The lowest BCUT2D eigenvalue weighted by Crippen LogP contribution is -2.24. The van der Waals surface area contributed by atoms with Crippen LogP contribution >= 0.6 is 0 Å². The third-order valence-corrected chi connectivity index (χ3v) is 1.65. The van der Waals surface area contributed by atoms with Gasteiger partial charge in [0, 0.05) is 19.6 Å². The second kappa shape index (κ2) is 8.01. The predicted molar refractivity (Wildman–Crippen MR) is 50.6 cm³/mol. The van der Waals surface area contributed by atoms with Gasteiger partial charge in [0.15, 0.2) is 0 Å². The fourth-order valence-corrected chi connectivity index (χ4v) is 0.949. The van der Waals surface area contributed by atoms with Crippen LogP contribution in [0.5, 0.6) is 0 Å². The van der Waals surface area contributed by atoms with Crippen molar-refractivity contribution in [1.82, 2.24) is 5.32 Å². The number of carbonyl (C=O) groups excluding carboxylic acids is 1. The van der Waals surface area contributed by atoms with Crippen molar-refractivity contribution in [3.05, 3.63) is 0 Å². The van der Waals surface area contributed by atoms with Gasteiger partial charge in [-0.2, -0.15) is 0 Å². The van der Waals surface area contributed by atoms with Gasteiger partial charge in [-0.05, 0) is 20.4 Å². The first-order valence-electron chi connectivity index (χ1n) is 4.53. The zero-order valence-electron chi connectivity index (χ0n) is 8.63. The molecule has 0 amide bonds. The highest BCUT2D eigenvalue weighted by Crippen LogP contribution is 1.95. The third kappa shape index (κ3) is 7.74. The average molecular weight is 189 g/mol. The highest BCUT2D eigenvalue weighted by molar-refractivity contribution is 5.68. The zero-order valence-corrected chi connectivity index (χ0v) is 8.63. The fraction of sp³-hybridized carbons (Fsp3) is 0.889. The minimum absolute atomic E-state index is 0.176. The highest BCUT2D eigenvalue weighted by atomic mass is 16.5. The molecule has 0 fully saturated rings. The van der Waals surface area contributed by atoms with Crippen LogP contribution in [0.15, 0.2) is 0 Å². The molecule has 0 bridgehead atoms. The van der Waals surface area contributed by atoms with Crippen LogP contribution in [-0.4, -0.2) is 39.4 Å². The Morgan fingerprint density at radius 3 is 2.77 bits per heavy atom. The molecule has 4 heteroatoms. The van der Waals surface area contributed by atoms with Crippen molar-refractivity contribution in [2.24, 2.45) is 0 Å². The molecule has 0 aliphatic rings. The summed E-state index contributed by atoms with van der Waals surface area (Å²) in [5.41, 5.74) is 0. The minimum atomic E-state index is -0.176. The molecule has 1 N–H and O–H groups in total. The molecule has 0 saturated heterocycles. The Hall–Kier alpha value is -0.610. The van der Waals surface area contributed by atoms with Crippen LogP contribution in [0.3, 0.4) is 0 Å². The Morgan fingerprint density at radius 1 is 1.54 bits per heavy atom. The van der Waals surface area contributed by atoms with Crippen molar-refractivity contribution >= 4 is 5.97 Å². The van der Waals surface area contributed by atoms with E-state index in [1.807, 2.05) is 14.0 Å². The normalized spacial score (nSPS) is 12.5. The van der Waals surface area contributed by atoms with Crippen molar-refractivity contribution in [1.29, 1.82) is 0 Å². The molecule has 0 aromatic heterocycles. The molecule has 0 aliphatic carbocycles. The van der Waals surface area contributed by atoms with Crippen LogP contribution in [0.2, 0.25) is 0 Å². The maximum atomic E-state index is 10.7. The summed E-state index contributed by atoms with van der Waals surface area (Å²) in [7, 11) is 3.28. The Balaban J connectivity index is 3.20. The molecular formula is C9H19NO3. The number of carbonyl (C=O) groups is 1. The lowest BCUT2D eigenvalue weighted by molar-refractivity contribution is -0.141. The number of methoxy groups -OCH3 is 1. The molecule has 0 aliphatic heterocycles. The van der Waals surface area contributed by atoms with Crippen LogP contribution < -0.4 is 5.32 Å². The molecular weight excluding hydrogens is 170 g/mol. The van der Waals surface area contributed by atoms with Gasteiger partial charge in [0.2, 0.25) is 0 Å². The first kappa shape index (κ1) is 12.4. The van der Waals surface area contributed by atoms with Crippen molar-refractivity contribution in [3.8, 4) is 0 Å². The van der Waals surface area contributed by atoms with Gasteiger partial charge in [-0.25, -0.2) is 0 Å². The van der Waals surface area contributed by atoms with E-state index in [1.54, 1.807) is 0 Å². The van der Waals surface area contributed by atoms with E-state index in [-0.39, 0.29) is 12.1 Å². The van der Waals surface area contributed by atoms with Gasteiger partial charge in [-0.1, -0.05) is 0 Å². The SMILES string of the molecule is CNCC(C)OCCCC(=O)OC. The van der Waals surface area contributed by atoms with Gasteiger partial charge in [-0.15, -0.1) is 0 Å². The standard InChI is InChI=1S/C9H19NO3/c1-8(7-10-2)13-6-4-5-9(11)12-3/h8,10H,4-7H2,1-3H3. The van der Waals surface area contributed by atoms with E-state index in [1.165, 1.54) is 7.11 Å². The largest absolute Gasteiger partial charge is 0.469 e. The van der Waals surface area contributed by atoms with E-state index in [2.05, 4.69) is 10.1 Å². The molecule has 0 rings (SSSR count). The molecule has 0 spiro atoms. The van der Waals surface area contributed by atoms with Crippen LogP contribution in [0, 0.1) is 0 Å². The summed E-state index contributed by atoms with van der Waals surface area (Å²) >= 11 is 0.